The SMILES string of the molecule is O=C(O)C=Cc1cccc(NC(=O)c2nc(C3CCCCC3)[nH]c2CCC23CC4CC(CC(C4)C2)C3)c1. The maximum absolute atomic E-state index is 13.5. The first-order valence-electron chi connectivity index (χ1n) is 14.4. The van der Waals surface area contributed by atoms with E-state index in [4.69, 9.17) is 10.1 Å². The van der Waals surface area contributed by atoms with Crippen LogP contribution >= 0.6 is 0 Å². The third-order valence-electron chi connectivity index (χ3n) is 9.64. The van der Waals surface area contributed by atoms with Gasteiger partial charge in [-0.15, -0.1) is 0 Å². The molecule has 5 fully saturated rings. The molecule has 6 nitrogen and oxygen atoms in total. The lowest BCUT2D eigenvalue weighted by Crippen LogP contribution is -2.46. The van der Waals surface area contributed by atoms with Crippen LogP contribution < -0.4 is 5.32 Å². The van der Waals surface area contributed by atoms with Crippen LogP contribution in [0, 0.1) is 23.2 Å². The van der Waals surface area contributed by atoms with Gasteiger partial charge in [-0.1, -0.05) is 31.4 Å². The Morgan fingerprint density at radius 3 is 2.43 bits per heavy atom. The van der Waals surface area contributed by atoms with Gasteiger partial charge >= 0.3 is 5.97 Å². The van der Waals surface area contributed by atoms with Gasteiger partial charge in [0.2, 0.25) is 0 Å². The van der Waals surface area contributed by atoms with Crippen molar-refractivity contribution in [3.05, 3.63) is 53.1 Å². The second-order valence-corrected chi connectivity index (χ2v) is 12.5. The Labute approximate surface area is 219 Å². The number of rotatable bonds is 8. The molecule has 2 aromatic rings. The Hall–Kier alpha value is -2.89. The van der Waals surface area contributed by atoms with E-state index in [-0.39, 0.29) is 5.91 Å². The van der Waals surface area contributed by atoms with Crippen molar-refractivity contribution in [1.82, 2.24) is 9.97 Å². The first kappa shape index (κ1) is 24.4. The van der Waals surface area contributed by atoms with E-state index in [0.717, 1.165) is 66.6 Å². The number of aryl methyl sites for hydroxylation is 1. The van der Waals surface area contributed by atoms with Crippen molar-refractivity contribution < 1.29 is 14.7 Å². The summed E-state index contributed by atoms with van der Waals surface area (Å²) in [5.41, 5.74) is 3.37. The van der Waals surface area contributed by atoms with Crippen molar-refractivity contribution in [2.45, 2.75) is 89.4 Å². The largest absolute Gasteiger partial charge is 0.478 e. The summed E-state index contributed by atoms with van der Waals surface area (Å²) in [5, 5.41) is 12.0. The Bertz CT molecular complexity index is 1150. The van der Waals surface area contributed by atoms with Crippen LogP contribution in [0.5, 0.6) is 0 Å². The molecule has 0 unspecified atom stereocenters. The zero-order chi connectivity index (χ0) is 25.4. The first-order valence-corrected chi connectivity index (χ1v) is 14.4. The van der Waals surface area contributed by atoms with Gasteiger partial charge in [0.1, 0.15) is 11.5 Å². The molecule has 0 aliphatic heterocycles. The average molecular weight is 502 g/mol. The average Bonchev–Trinajstić information content (AvgIpc) is 3.31. The fourth-order valence-electron chi connectivity index (χ4n) is 8.43. The molecule has 0 spiro atoms. The molecule has 0 saturated heterocycles. The smallest absolute Gasteiger partial charge is 0.328 e. The lowest BCUT2D eigenvalue weighted by atomic mass is 9.48. The van der Waals surface area contributed by atoms with Crippen LogP contribution in [0.2, 0.25) is 0 Å². The molecular formula is C31H39N3O3. The molecule has 5 saturated carbocycles. The number of anilines is 1. The fourth-order valence-corrected chi connectivity index (χ4v) is 8.43. The van der Waals surface area contributed by atoms with Crippen molar-refractivity contribution >= 4 is 23.6 Å². The zero-order valence-electron chi connectivity index (χ0n) is 21.7. The summed E-state index contributed by atoms with van der Waals surface area (Å²) in [6, 6.07) is 7.27. The number of aromatic amines is 1. The zero-order valence-corrected chi connectivity index (χ0v) is 21.7. The van der Waals surface area contributed by atoms with Gasteiger partial charge in [0, 0.05) is 23.4 Å². The maximum Gasteiger partial charge on any atom is 0.328 e. The number of amides is 1. The lowest BCUT2D eigenvalue weighted by Gasteiger charge is -2.57. The van der Waals surface area contributed by atoms with Crippen LogP contribution in [-0.4, -0.2) is 27.0 Å². The van der Waals surface area contributed by atoms with Gasteiger partial charge in [-0.05, 0) is 111 Å². The Kier molecular flexibility index (Phi) is 6.68. The number of H-pyrrole nitrogens is 1. The molecule has 37 heavy (non-hydrogen) atoms. The number of nitrogens with zero attached hydrogens (tertiary/aromatic N) is 1. The minimum atomic E-state index is -0.995. The molecule has 196 valence electrons. The third-order valence-corrected chi connectivity index (χ3v) is 9.64. The number of hydrogen-bond acceptors (Lipinski definition) is 3. The third kappa shape index (κ3) is 5.39. The summed E-state index contributed by atoms with van der Waals surface area (Å²) in [6.45, 7) is 0. The van der Waals surface area contributed by atoms with Crippen LogP contribution in [0.3, 0.4) is 0 Å². The molecule has 3 N–H and O–H groups in total. The van der Waals surface area contributed by atoms with Crippen molar-refractivity contribution in [2.24, 2.45) is 23.2 Å². The summed E-state index contributed by atoms with van der Waals surface area (Å²) in [6.07, 6.45) is 19.2. The predicted octanol–water partition coefficient (Wildman–Crippen LogP) is 6.96. The number of carbonyl (C=O) groups excluding carboxylic acids is 1. The highest BCUT2D eigenvalue weighted by Gasteiger charge is 2.50. The predicted molar refractivity (Wildman–Crippen MR) is 144 cm³/mol. The quantitative estimate of drug-likeness (QED) is 0.341. The molecule has 6 heteroatoms. The number of hydrogen-bond donors (Lipinski definition) is 3. The van der Waals surface area contributed by atoms with Crippen LogP contribution in [0.15, 0.2) is 30.3 Å². The van der Waals surface area contributed by atoms with E-state index in [0.29, 0.717) is 22.7 Å². The van der Waals surface area contributed by atoms with Gasteiger partial charge < -0.3 is 15.4 Å². The topological polar surface area (TPSA) is 95.1 Å². The minimum Gasteiger partial charge on any atom is -0.478 e. The molecule has 5 aliphatic rings. The fraction of sp³-hybridized carbons (Fsp3) is 0.581. The highest BCUT2D eigenvalue weighted by molar-refractivity contribution is 6.04. The number of aliphatic carboxylic acids is 1. The van der Waals surface area contributed by atoms with E-state index in [1.54, 1.807) is 6.07 Å². The summed E-state index contributed by atoms with van der Waals surface area (Å²) in [5.74, 6) is 3.01. The molecule has 1 aromatic carbocycles. The van der Waals surface area contributed by atoms with E-state index in [9.17, 15) is 9.59 Å². The summed E-state index contributed by atoms with van der Waals surface area (Å²) in [7, 11) is 0. The van der Waals surface area contributed by atoms with Gasteiger partial charge in [0.05, 0.1) is 0 Å². The number of carboxylic acid groups (broad SMARTS) is 1. The highest BCUT2D eigenvalue weighted by Crippen LogP contribution is 2.61. The van der Waals surface area contributed by atoms with Crippen molar-refractivity contribution in [3.63, 3.8) is 0 Å². The lowest BCUT2D eigenvalue weighted by molar-refractivity contribution is -0.131. The van der Waals surface area contributed by atoms with Gasteiger partial charge in [0.25, 0.3) is 5.91 Å². The van der Waals surface area contributed by atoms with E-state index < -0.39 is 5.97 Å². The number of aromatic nitrogens is 2. The monoisotopic (exact) mass is 501 g/mol. The number of carboxylic acids is 1. The molecule has 1 amide bonds. The number of imidazole rings is 1. The Morgan fingerprint density at radius 2 is 1.76 bits per heavy atom. The van der Waals surface area contributed by atoms with Crippen LogP contribution in [-0.2, 0) is 11.2 Å². The molecular weight excluding hydrogens is 462 g/mol. The number of nitrogens with one attached hydrogen (secondary N) is 2. The van der Waals surface area contributed by atoms with Gasteiger partial charge in [-0.3, -0.25) is 4.79 Å². The van der Waals surface area contributed by atoms with Gasteiger partial charge in [0.15, 0.2) is 0 Å². The van der Waals surface area contributed by atoms with Gasteiger partial charge in [-0.25, -0.2) is 9.78 Å². The van der Waals surface area contributed by atoms with Crippen LogP contribution in [0.25, 0.3) is 6.08 Å². The molecule has 0 atom stereocenters. The normalized spacial score (nSPS) is 29.1. The first-order chi connectivity index (χ1) is 17.9. The van der Waals surface area contributed by atoms with E-state index in [1.807, 2.05) is 18.2 Å². The van der Waals surface area contributed by atoms with E-state index in [1.165, 1.54) is 63.9 Å². The molecule has 1 heterocycles. The molecule has 5 aliphatic carbocycles. The molecule has 4 bridgehead atoms. The second-order valence-electron chi connectivity index (χ2n) is 12.5. The second kappa shape index (κ2) is 10.1. The summed E-state index contributed by atoms with van der Waals surface area (Å²) in [4.78, 5) is 33.0. The van der Waals surface area contributed by atoms with Crippen molar-refractivity contribution in [1.29, 1.82) is 0 Å². The molecule has 7 rings (SSSR count). The standard InChI is InChI=1S/C31H39N3O3/c35-27(36)10-9-20-5-4-8-25(16-20)32-30(37)28-26(33-29(34-28)24-6-2-1-3-7-24)11-12-31-17-21-13-22(18-31)15-23(14-21)19-31/h4-5,8-10,16,21-24H,1-3,6-7,11-15,17-19H2,(H,32,37)(H,33,34)(H,35,36). The van der Waals surface area contributed by atoms with Crippen LogP contribution in [0.1, 0.15) is 111 Å². The number of benzene rings is 1. The Balaban J connectivity index is 1.22. The van der Waals surface area contributed by atoms with Crippen LogP contribution in [0.4, 0.5) is 5.69 Å². The van der Waals surface area contributed by atoms with Gasteiger partial charge in [-0.2, -0.15) is 0 Å². The van der Waals surface area contributed by atoms with E-state index in [2.05, 4.69) is 10.3 Å². The van der Waals surface area contributed by atoms with Crippen molar-refractivity contribution in [2.75, 3.05) is 5.32 Å². The maximum atomic E-state index is 13.5. The molecule has 0 radical (unpaired) electrons. The highest BCUT2D eigenvalue weighted by atomic mass is 16.4. The minimum absolute atomic E-state index is 0.182. The Morgan fingerprint density at radius 1 is 1.05 bits per heavy atom. The van der Waals surface area contributed by atoms with Crippen molar-refractivity contribution in [3.8, 4) is 0 Å². The summed E-state index contributed by atoms with van der Waals surface area (Å²) >= 11 is 0. The number of carbonyl (C=O) groups is 2. The molecule has 1 aromatic heterocycles. The van der Waals surface area contributed by atoms with E-state index >= 15 is 0 Å². The summed E-state index contributed by atoms with van der Waals surface area (Å²) < 4.78 is 0.